The zero-order chi connectivity index (χ0) is 5.86. The van der Waals surface area contributed by atoms with E-state index in [1.54, 1.807) is 0 Å². The molecular weight excluding hydrogens is 139 g/mol. The van der Waals surface area contributed by atoms with Crippen LogP contribution in [-0.4, -0.2) is 61.1 Å². The van der Waals surface area contributed by atoms with Crippen LogP contribution in [0.3, 0.4) is 0 Å². The molecule has 6 heteroatoms. The molecular formula is C2H7BCaO4. The van der Waals surface area contributed by atoms with Crippen LogP contribution in [0.15, 0.2) is 0 Å². The summed E-state index contributed by atoms with van der Waals surface area (Å²) >= 11 is 0. The molecule has 0 spiro atoms. The Morgan fingerprint density at radius 3 is 2.00 bits per heavy atom. The summed E-state index contributed by atoms with van der Waals surface area (Å²) in [5.41, 5.74) is 0. The summed E-state index contributed by atoms with van der Waals surface area (Å²) in [4.78, 5) is 9.71. The summed E-state index contributed by atoms with van der Waals surface area (Å²) in [5, 5.41) is 15.7. The van der Waals surface area contributed by atoms with Gasteiger partial charge < -0.3 is 14.7 Å². The molecule has 8 heavy (non-hydrogen) atoms. The van der Waals surface area contributed by atoms with E-state index < -0.39 is 13.3 Å². The second kappa shape index (κ2) is 5.84. The Balaban J connectivity index is 0. The van der Waals surface area contributed by atoms with Crippen molar-refractivity contribution in [2.24, 2.45) is 0 Å². The second-order valence-electron chi connectivity index (χ2n) is 0.936. The SMILES string of the molecule is CC(=O)OB(O)O.[CaH2]. The first kappa shape index (κ1) is 11.5. The number of carbonyl (C=O) groups excluding carboxylic acids is 1. The Morgan fingerprint density at radius 1 is 1.62 bits per heavy atom. The Labute approximate surface area is 77.0 Å². The quantitative estimate of drug-likeness (QED) is 0.405. The summed E-state index contributed by atoms with van der Waals surface area (Å²) in [5.74, 6) is -0.713. The predicted octanol–water partition coefficient (Wildman–Crippen LogP) is -2.40. The maximum absolute atomic E-state index is 9.71. The van der Waals surface area contributed by atoms with E-state index in [1.165, 1.54) is 0 Å². The van der Waals surface area contributed by atoms with Crippen LogP contribution in [0.5, 0.6) is 0 Å². The molecule has 0 atom stereocenters. The summed E-state index contributed by atoms with van der Waals surface area (Å²) in [6, 6.07) is 0. The molecule has 0 aliphatic carbocycles. The topological polar surface area (TPSA) is 66.8 Å². The zero-order valence-electron chi connectivity index (χ0n) is 3.79. The van der Waals surface area contributed by atoms with Crippen molar-refractivity contribution in [1.29, 1.82) is 0 Å². The van der Waals surface area contributed by atoms with E-state index in [0.717, 1.165) is 6.92 Å². The number of hydrogen-bond donors (Lipinski definition) is 2. The standard InChI is InChI=1S/C2H5BO4.Ca.2H/c1-2(4)7-3(5)6;;;/h5-6H,1H3;;;. The molecule has 2 N–H and O–H groups in total. The van der Waals surface area contributed by atoms with Gasteiger partial charge in [0.2, 0.25) is 0 Å². The fourth-order valence-electron chi connectivity index (χ4n) is 0.148. The van der Waals surface area contributed by atoms with E-state index >= 15 is 0 Å². The van der Waals surface area contributed by atoms with Gasteiger partial charge in [-0.25, -0.2) is 0 Å². The van der Waals surface area contributed by atoms with Gasteiger partial charge in [-0.15, -0.1) is 0 Å². The number of hydrogen-bond acceptors (Lipinski definition) is 4. The van der Waals surface area contributed by atoms with Gasteiger partial charge in [-0.3, -0.25) is 4.79 Å². The van der Waals surface area contributed by atoms with Gasteiger partial charge in [0.15, 0.2) is 0 Å². The summed E-state index contributed by atoms with van der Waals surface area (Å²) in [7, 11) is -1.97. The van der Waals surface area contributed by atoms with Crippen LogP contribution in [0.25, 0.3) is 0 Å². The molecule has 0 saturated carbocycles. The Kier molecular flexibility index (Phi) is 8.40. The van der Waals surface area contributed by atoms with Crippen LogP contribution >= 0.6 is 0 Å². The van der Waals surface area contributed by atoms with Crippen molar-refractivity contribution in [3.63, 3.8) is 0 Å². The fourth-order valence-corrected chi connectivity index (χ4v) is 0.148. The molecule has 0 rings (SSSR count). The molecule has 0 radical (unpaired) electrons. The van der Waals surface area contributed by atoms with Gasteiger partial charge in [0.25, 0.3) is 5.97 Å². The van der Waals surface area contributed by atoms with Crippen LogP contribution in [0, 0.1) is 0 Å². The molecule has 0 aromatic heterocycles. The number of rotatable bonds is 1. The average Bonchev–Trinajstić information content (AvgIpc) is 1.27. The molecule has 0 amide bonds. The van der Waals surface area contributed by atoms with Crippen molar-refractivity contribution in [2.75, 3.05) is 0 Å². The third-order valence-corrected chi connectivity index (χ3v) is 0.271. The van der Waals surface area contributed by atoms with E-state index in [4.69, 9.17) is 10.0 Å². The van der Waals surface area contributed by atoms with Gasteiger partial charge in [-0.2, -0.15) is 0 Å². The van der Waals surface area contributed by atoms with Crippen molar-refractivity contribution in [3.05, 3.63) is 0 Å². The first-order valence-electron chi connectivity index (χ1n) is 1.66. The summed E-state index contributed by atoms with van der Waals surface area (Å²) < 4.78 is 3.72. The van der Waals surface area contributed by atoms with Crippen LogP contribution in [-0.2, 0) is 9.45 Å². The van der Waals surface area contributed by atoms with Crippen LogP contribution < -0.4 is 0 Å². The van der Waals surface area contributed by atoms with Crippen molar-refractivity contribution in [3.8, 4) is 0 Å². The van der Waals surface area contributed by atoms with Crippen LogP contribution in [0.1, 0.15) is 6.92 Å². The fraction of sp³-hybridized carbons (Fsp3) is 0.500. The molecule has 4 nitrogen and oxygen atoms in total. The summed E-state index contributed by atoms with van der Waals surface area (Å²) in [6.07, 6.45) is 0. The molecule has 0 fully saturated rings. The van der Waals surface area contributed by atoms with E-state index in [9.17, 15) is 4.79 Å². The first-order chi connectivity index (χ1) is 3.13. The molecule has 0 unspecified atom stereocenters. The van der Waals surface area contributed by atoms with Crippen LogP contribution in [0.4, 0.5) is 0 Å². The zero-order valence-corrected chi connectivity index (χ0v) is 3.79. The monoisotopic (exact) mass is 146 g/mol. The summed E-state index contributed by atoms with van der Waals surface area (Å²) in [6.45, 7) is 1.08. The minimum absolute atomic E-state index is 0. The van der Waals surface area contributed by atoms with E-state index in [2.05, 4.69) is 4.65 Å². The Hall–Kier alpha value is 0.715. The van der Waals surface area contributed by atoms with Gasteiger partial charge >= 0.3 is 45.1 Å². The predicted molar refractivity (Wildman–Crippen MR) is 30.5 cm³/mol. The molecule has 0 saturated heterocycles. The van der Waals surface area contributed by atoms with Crippen molar-refractivity contribution in [2.45, 2.75) is 6.92 Å². The molecule has 44 valence electrons. The third-order valence-electron chi connectivity index (χ3n) is 0.271. The molecule has 0 aliphatic heterocycles. The normalized spacial score (nSPS) is 6.88. The molecule has 0 heterocycles. The van der Waals surface area contributed by atoms with E-state index in [1.807, 2.05) is 0 Å². The second-order valence-corrected chi connectivity index (χ2v) is 0.936. The number of carbonyl (C=O) groups is 1. The molecule has 0 aliphatic rings. The van der Waals surface area contributed by atoms with Gasteiger partial charge in [0, 0.05) is 6.92 Å². The molecule has 0 aromatic carbocycles. The van der Waals surface area contributed by atoms with E-state index in [0.29, 0.717) is 0 Å². The van der Waals surface area contributed by atoms with Crippen molar-refractivity contribution < 1.29 is 19.5 Å². The minimum atomic E-state index is -1.97. The maximum atomic E-state index is 9.71. The Bertz CT molecular complexity index is 74.4. The van der Waals surface area contributed by atoms with Gasteiger partial charge in [-0.1, -0.05) is 0 Å². The van der Waals surface area contributed by atoms with Crippen LogP contribution in [0.2, 0.25) is 0 Å². The van der Waals surface area contributed by atoms with Gasteiger partial charge in [0.05, 0.1) is 0 Å². The molecule has 0 bridgehead atoms. The third kappa shape index (κ3) is 9.87. The van der Waals surface area contributed by atoms with Gasteiger partial charge in [0.1, 0.15) is 0 Å². The van der Waals surface area contributed by atoms with E-state index in [-0.39, 0.29) is 37.7 Å². The molecule has 0 aromatic rings. The average molecular weight is 146 g/mol. The van der Waals surface area contributed by atoms with Crippen molar-refractivity contribution >= 4 is 51.0 Å². The van der Waals surface area contributed by atoms with Crippen molar-refractivity contribution in [1.82, 2.24) is 0 Å². The Morgan fingerprint density at radius 2 is 2.00 bits per heavy atom. The first-order valence-corrected chi connectivity index (χ1v) is 1.66. The van der Waals surface area contributed by atoms with Gasteiger partial charge in [-0.05, 0) is 0 Å².